The first-order valence-electron chi connectivity index (χ1n) is 7.97. The van der Waals surface area contributed by atoms with Crippen molar-refractivity contribution in [3.05, 3.63) is 24.2 Å². The highest BCUT2D eigenvalue weighted by atomic mass is 16.5. The second kappa shape index (κ2) is 9.19. The first kappa shape index (κ1) is 17.3. The van der Waals surface area contributed by atoms with Crippen LogP contribution in [0, 0.1) is 5.92 Å². The smallest absolute Gasteiger partial charge is 0.243 e. The fraction of sp³-hybridized carbons (Fsp3) is 0.625. The van der Waals surface area contributed by atoms with Gasteiger partial charge in [-0.15, -0.1) is 0 Å². The lowest BCUT2D eigenvalue weighted by atomic mass is 10.1. The lowest BCUT2D eigenvalue weighted by Gasteiger charge is -2.15. The zero-order valence-electron chi connectivity index (χ0n) is 13.9. The monoisotopic (exact) mass is 322 g/mol. The van der Waals surface area contributed by atoms with E-state index in [1.165, 1.54) is 4.90 Å². The van der Waals surface area contributed by atoms with Crippen molar-refractivity contribution in [2.75, 3.05) is 46.9 Å². The molecule has 1 unspecified atom stereocenters. The molecule has 1 amide bonds. The summed E-state index contributed by atoms with van der Waals surface area (Å²) >= 11 is 0. The number of rotatable bonds is 7. The molecule has 7 heteroatoms. The molecule has 1 saturated heterocycles. The van der Waals surface area contributed by atoms with Gasteiger partial charge in [0.25, 0.3) is 0 Å². The minimum absolute atomic E-state index is 0.0265. The zero-order chi connectivity index (χ0) is 16.5. The molecule has 2 rings (SSSR count). The van der Waals surface area contributed by atoms with Crippen molar-refractivity contribution in [2.24, 2.45) is 10.9 Å². The number of furan rings is 1. The maximum atomic E-state index is 11.7. The van der Waals surface area contributed by atoms with Crippen LogP contribution >= 0.6 is 0 Å². The molecule has 23 heavy (non-hydrogen) atoms. The van der Waals surface area contributed by atoms with Crippen molar-refractivity contribution in [3.8, 4) is 0 Å². The number of carbonyl (C=O) groups excluding carboxylic acids is 1. The van der Waals surface area contributed by atoms with Crippen LogP contribution in [-0.4, -0.2) is 63.7 Å². The molecular formula is C16H26N4O3. The van der Waals surface area contributed by atoms with Crippen LogP contribution in [0.1, 0.15) is 12.2 Å². The van der Waals surface area contributed by atoms with E-state index < -0.39 is 0 Å². The summed E-state index contributed by atoms with van der Waals surface area (Å²) in [6.07, 6.45) is 3.49. The average molecular weight is 322 g/mol. The van der Waals surface area contributed by atoms with Crippen LogP contribution in [0.3, 0.4) is 0 Å². The first-order valence-corrected chi connectivity index (χ1v) is 7.97. The van der Waals surface area contributed by atoms with E-state index in [4.69, 9.17) is 9.15 Å². The Morgan fingerprint density at radius 3 is 2.96 bits per heavy atom. The summed E-state index contributed by atoms with van der Waals surface area (Å²) in [5.41, 5.74) is 0. The van der Waals surface area contributed by atoms with Crippen LogP contribution in [-0.2, 0) is 16.0 Å². The fourth-order valence-electron chi connectivity index (χ4n) is 2.21. The molecule has 128 valence electrons. The highest BCUT2D eigenvalue weighted by Gasteiger charge is 2.16. The lowest BCUT2D eigenvalue weighted by Crippen LogP contribution is -2.41. The van der Waals surface area contributed by atoms with Crippen LogP contribution in [0.5, 0.6) is 0 Å². The Bertz CT molecular complexity index is 493. The van der Waals surface area contributed by atoms with Gasteiger partial charge in [0.15, 0.2) is 5.96 Å². The number of carbonyl (C=O) groups is 1. The second-order valence-corrected chi connectivity index (χ2v) is 5.82. The molecule has 2 N–H and O–H groups in total. The van der Waals surface area contributed by atoms with E-state index in [1.807, 2.05) is 12.1 Å². The molecule has 0 aromatic carbocycles. The molecule has 1 aromatic rings. The molecule has 1 fully saturated rings. The molecule has 0 aliphatic carbocycles. The number of guanidine groups is 1. The molecule has 0 radical (unpaired) electrons. The third-order valence-electron chi connectivity index (χ3n) is 3.70. The number of likely N-dealkylation sites (N-methyl/N-ethyl adjacent to an activating group) is 1. The van der Waals surface area contributed by atoms with Gasteiger partial charge in [0.05, 0.1) is 12.9 Å². The van der Waals surface area contributed by atoms with E-state index in [9.17, 15) is 4.79 Å². The maximum absolute atomic E-state index is 11.7. The molecule has 1 atom stereocenters. The van der Waals surface area contributed by atoms with Crippen LogP contribution in [0.2, 0.25) is 0 Å². The minimum atomic E-state index is -0.0265. The quantitative estimate of drug-likeness (QED) is 0.564. The van der Waals surface area contributed by atoms with Gasteiger partial charge in [-0.3, -0.25) is 4.79 Å². The normalized spacial score (nSPS) is 18.0. The summed E-state index contributed by atoms with van der Waals surface area (Å²) in [5, 5.41) is 6.54. The Morgan fingerprint density at radius 2 is 2.30 bits per heavy atom. The molecule has 7 nitrogen and oxygen atoms in total. The SMILES string of the molecule is CN(C)C(=O)CN=C(NCCc1ccco1)NCC1CCOC1. The molecular weight excluding hydrogens is 296 g/mol. The van der Waals surface area contributed by atoms with E-state index in [0.717, 1.165) is 38.4 Å². The van der Waals surface area contributed by atoms with Crippen molar-refractivity contribution in [1.82, 2.24) is 15.5 Å². The van der Waals surface area contributed by atoms with Crippen LogP contribution < -0.4 is 10.6 Å². The molecule has 1 aliphatic rings. The molecule has 0 saturated carbocycles. The standard InChI is InChI=1S/C16H26N4O3/c1-20(2)15(21)11-19-16(18-10-13-6-9-22-12-13)17-7-5-14-4-3-8-23-14/h3-4,8,13H,5-7,9-12H2,1-2H3,(H2,17,18,19). The van der Waals surface area contributed by atoms with Crippen molar-refractivity contribution >= 4 is 11.9 Å². The summed E-state index contributed by atoms with van der Waals surface area (Å²) < 4.78 is 10.7. The third kappa shape index (κ3) is 6.32. The minimum Gasteiger partial charge on any atom is -0.469 e. The predicted molar refractivity (Wildman–Crippen MR) is 88.3 cm³/mol. The third-order valence-corrected chi connectivity index (χ3v) is 3.70. The number of hydrogen-bond acceptors (Lipinski definition) is 4. The second-order valence-electron chi connectivity index (χ2n) is 5.82. The van der Waals surface area contributed by atoms with Crippen molar-refractivity contribution < 1.29 is 13.9 Å². The highest BCUT2D eigenvalue weighted by molar-refractivity contribution is 5.84. The van der Waals surface area contributed by atoms with Gasteiger partial charge in [0.2, 0.25) is 5.91 Å². The topological polar surface area (TPSA) is 79.1 Å². The van der Waals surface area contributed by atoms with E-state index >= 15 is 0 Å². The van der Waals surface area contributed by atoms with E-state index in [1.54, 1.807) is 20.4 Å². The molecule has 1 aliphatic heterocycles. The summed E-state index contributed by atoms with van der Waals surface area (Å²) in [6, 6.07) is 3.82. The summed E-state index contributed by atoms with van der Waals surface area (Å²) in [4.78, 5) is 17.6. The molecule has 0 spiro atoms. The Morgan fingerprint density at radius 1 is 1.43 bits per heavy atom. The Balaban J connectivity index is 1.81. The van der Waals surface area contributed by atoms with Gasteiger partial charge in [0, 0.05) is 46.1 Å². The van der Waals surface area contributed by atoms with Gasteiger partial charge in [0.1, 0.15) is 12.3 Å². The molecule has 0 bridgehead atoms. The molecule has 1 aromatic heterocycles. The number of hydrogen-bond donors (Lipinski definition) is 2. The van der Waals surface area contributed by atoms with Crippen LogP contribution in [0.25, 0.3) is 0 Å². The Hall–Kier alpha value is -2.02. The summed E-state index contributed by atoms with van der Waals surface area (Å²) in [7, 11) is 3.45. The average Bonchev–Trinajstić information content (AvgIpc) is 3.22. The predicted octanol–water partition coefficient (Wildman–Crippen LogP) is 0.482. The van der Waals surface area contributed by atoms with Gasteiger partial charge in [-0.2, -0.15) is 0 Å². The number of amides is 1. The highest BCUT2D eigenvalue weighted by Crippen LogP contribution is 2.10. The lowest BCUT2D eigenvalue weighted by molar-refractivity contribution is -0.127. The number of ether oxygens (including phenoxy) is 1. The van der Waals surface area contributed by atoms with Crippen molar-refractivity contribution in [3.63, 3.8) is 0 Å². The van der Waals surface area contributed by atoms with Crippen LogP contribution in [0.15, 0.2) is 27.8 Å². The van der Waals surface area contributed by atoms with Crippen molar-refractivity contribution in [1.29, 1.82) is 0 Å². The van der Waals surface area contributed by atoms with Gasteiger partial charge in [-0.1, -0.05) is 0 Å². The van der Waals surface area contributed by atoms with E-state index in [-0.39, 0.29) is 12.5 Å². The van der Waals surface area contributed by atoms with Gasteiger partial charge < -0.3 is 24.7 Å². The molecule has 2 heterocycles. The Labute approximate surface area is 137 Å². The fourth-order valence-corrected chi connectivity index (χ4v) is 2.21. The maximum Gasteiger partial charge on any atom is 0.243 e. The number of nitrogens with one attached hydrogen (secondary N) is 2. The van der Waals surface area contributed by atoms with E-state index in [2.05, 4.69) is 15.6 Å². The number of nitrogens with zero attached hydrogens (tertiary/aromatic N) is 2. The van der Waals surface area contributed by atoms with Gasteiger partial charge in [-0.25, -0.2) is 4.99 Å². The van der Waals surface area contributed by atoms with Gasteiger partial charge >= 0.3 is 0 Å². The van der Waals surface area contributed by atoms with E-state index in [0.29, 0.717) is 18.4 Å². The Kier molecular flexibility index (Phi) is 6.93. The van der Waals surface area contributed by atoms with Gasteiger partial charge in [-0.05, 0) is 18.6 Å². The summed E-state index contributed by atoms with van der Waals surface area (Å²) in [6.45, 7) is 3.22. The van der Waals surface area contributed by atoms with Crippen LogP contribution in [0.4, 0.5) is 0 Å². The largest absolute Gasteiger partial charge is 0.469 e. The number of aliphatic imine (C=N–C) groups is 1. The zero-order valence-corrected chi connectivity index (χ0v) is 13.9. The summed E-state index contributed by atoms with van der Waals surface area (Å²) in [5.74, 6) is 2.04. The first-order chi connectivity index (χ1) is 11.1. The van der Waals surface area contributed by atoms with Crippen molar-refractivity contribution in [2.45, 2.75) is 12.8 Å².